The molecule has 0 atom stereocenters. The minimum Gasteiger partial charge on any atom is -0.495 e. The molecule has 0 spiro atoms. The van der Waals surface area contributed by atoms with Crippen molar-refractivity contribution in [3.05, 3.63) is 93.8 Å². The van der Waals surface area contributed by atoms with Crippen LogP contribution in [0.4, 0.5) is 11.4 Å². The quantitative estimate of drug-likeness (QED) is 0.416. The first kappa shape index (κ1) is 22.4. The molecule has 0 aliphatic carbocycles. The molecule has 0 saturated heterocycles. The Labute approximate surface area is 193 Å². The molecule has 168 valence electrons. The van der Waals surface area contributed by atoms with Gasteiger partial charge in [-0.05, 0) is 42.5 Å². The van der Waals surface area contributed by atoms with E-state index in [1.807, 2.05) is 0 Å². The van der Waals surface area contributed by atoms with Crippen LogP contribution in [0.1, 0.15) is 10.6 Å². The summed E-state index contributed by atoms with van der Waals surface area (Å²) in [6.07, 6.45) is 0. The zero-order chi connectivity index (χ0) is 23.6. The molecule has 1 heterocycles. The number of benzene rings is 3. The van der Waals surface area contributed by atoms with Gasteiger partial charge in [0.2, 0.25) is 0 Å². The van der Waals surface area contributed by atoms with Crippen LogP contribution in [-0.2, 0) is 10.0 Å². The molecule has 33 heavy (non-hydrogen) atoms. The lowest BCUT2D eigenvalue weighted by atomic mass is 10.2. The van der Waals surface area contributed by atoms with E-state index >= 15 is 0 Å². The van der Waals surface area contributed by atoms with Crippen LogP contribution in [0.15, 0.2) is 86.9 Å². The summed E-state index contributed by atoms with van der Waals surface area (Å²) in [6, 6.07) is 18.1. The molecule has 10 heteroatoms. The van der Waals surface area contributed by atoms with E-state index in [1.165, 1.54) is 31.4 Å². The van der Waals surface area contributed by atoms with Crippen LogP contribution in [0.5, 0.6) is 5.75 Å². The van der Waals surface area contributed by atoms with Gasteiger partial charge in [-0.15, -0.1) is 0 Å². The number of ether oxygens (including phenoxy) is 1. The monoisotopic (exact) mass is 484 g/mol. The molecule has 1 amide bonds. The Kier molecular flexibility index (Phi) is 6.08. The van der Waals surface area contributed by atoms with Crippen molar-refractivity contribution in [1.29, 1.82) is 0 Å². The smallest absolute Gasteiger partial charge is 0.291 e. The molecule has 0 bridgehead atoms. The predicted octanol–water partition coefficient (Wildman–Crippen LogP) is 4.51. The average molecular weight is 485 g/mol. The van der Waals surface area contributed by atoms with E-state index < -0.39 is 15.9 Å². The Morgan fingerprint density at radius 3 is 2.48 bits per heavy atom. The maximum Gasteiger partial charge on any atom is 0.291 e. The number of para-hydroxylation sites is 2. The van der Waals surface area contributed by atoms with E-state index in [0.717, 1.165) is 6.07 Å². The standard InChI is InChI=1S/C23H17ClN2O6S/c1-31-20-11-10-14(12-22(20)33(29,30)26-17-8-4-3-7-16(17)24)25-23(28)21-13-18(27)15-6-2-5-9-19(15)32-21/h2-13,26H,1H3,(H,25,28). The summed E-state index contributed by atoms with van der Waals surface area (Å²) in [5.41, 5.74) is 0.228. The highest BCUT2D eigenvalue weighted by molar-refractivity contribution is 7.92. The zero-order valence-electron chi connectivity index (χ0n) is 17.2. The van der Waals surface area contributed by atoms with Crippen molar-refractivity contribution >= 4 is 49.9 Å². The van der Waals surface area contributed by atoms with Crippen molar-refractivity contribution in [3.63, 3.8) is 0 Å². The number of anilines is 2. The lowest BCUT2D eigenvalue weighted by Crippen LogP contribution is -2.17. The summed E-state index contributed by atoms with van der Waals surface area (Å²) in [6.45, 7) is 0. The Morgan fingerprint density at radius 2 is 1.73 bits per heavy atom. The number of fused-ring (bicyclic) bond motifs is 1. The fourth-order valence-corrected chi connectivity index (χ4v) is 4.63. The van der Waals surface area contributed by atoms with Gasteiger partial charge in [-0.1, -0.05) is 35.9 Å². The second-order valence-corrected chi connectivity index (χ2v) is 8.93. The minimum atomic E-state index is -4.12. The molecule has 4 rings (SSSR count). The molecular weight excluding hydrogens is 468 g/mol. The Morgan fingerprint density at radius 1 is 1.00 bits per heavy atom. The number of carbonyl (C=O) groups is 1. The first-order chi connectivity index (χ1) is 15.8. The Bertz CT molecular complexity index is 1530. The molecule has 0 aliphatic heterocycles. The van der Waals surface area contributed by atoms with Crippen molar-refractivity contribution in [2.75, 3.05) is 17.1 Å². The van der Waals surface area contributed by atoms with Crippen LogP contribution < -0.4 is 20.2 Å². The molecular formula is C23H17ClN2O6S. The third kappa shape index (κ3) is 4.69. The van der Waals surface area contributed by atoms with Crippen molar-refractivity contribution in [2.45, 2.75) is 4.90 Å². The van der Waals surface area contributed by atoms with Crippen LogP contribution in [0.2, 0.25) is 5.02 Å². The normalized spacial score (nSPS) is 11.2. The molecule has 0 saturated carbocycles. The average Bonchev–Trinajstić information content (AvgIpc) is 2.80. The molecule has 1 aromatic heterocycles. The SMILES string of the molecule is COc1ccc(NC(=O)c2cc(=O)c3ccccc3o2)cc1S(=O)(=O)Nc1ccccc1Cl. The summed E-state index contributed by atoms with van der Waals surface area (Å²) in [4.78, 5) is 24.8. The highest BCUT2D eigenvalue weighted by atomic mass is 35.5. The second kappa shape index (κ2) is 8.97. The molecule has 0 radical (unpaired) electrons. The van der Waals surface area contributed by atoms with Crippen LogP contribution >= 0.6 is 11.6 Å². The van der Waals surface area contributed by atoms with E-state index in [-0.39, 0.29) is 43.8 Å². The summed E-state index contributed by atoms with van der Waals surface area (Å²) >= 11 is 6.06. The van der Waals surface area contributed by atoms with Gasteiger partial charge in [0, 0.05) is 11.8 Å². The largest absolute Gasteiger partial charge is 0.495 e. The highest BCUT2D eigenvalue weighted by Gasteiger charge is 2.22. The van der Waals surface area contributed by atoms with Gasteiger partial charge in [-0.25, -0.2) is 8.42 Å². The lowest BCUT2D eigenvalue weighted by Gasteiger charge is -2.14. The topological polar surface area (TPSA) is 115 Å². The van der Waals surface area contributed by atoms with Crippen molar-refractivity contribution < 1.29 is 22.4 Å². The number of rotatable bonds is 6. The number of sulfonamides is 1. The van der Waals surface area contributed by atoms with E-state index in [2.05, 4.69) is 10.0 Å². The molecule has 2 N–H and O–H groups in total. The number of halogens is 1. The number of nitrogens with one attached hydrogen (secondary N) is 2. The highest BCUT2D eigenvalue weighted by Crippen LogP contribution is 2.31. The third-order valence-corrected chi connectivity index (χ3v) is 6.40. The van der Waals surface area contributed by atoms with Gasteiger partial charge in [0.25, 0.3) is 15.9 Å². The number of methoxy groups -OCH3 is 1. The molecule has 4 aromatic rings. The van der Waals surface area contributed by atoms with Gasteiger partial charge in [0.15, 0.2) is 11.2 Å². The van der Waals surface area contributed by atoms with Gasteiger partial charge in [0.05, 0.1) is 23.2 Å². The fraction of sp³-hybridized carbons (Fsp3) is 0.0435. The zero-order valence-corrected chi connectivity index (χ0v) is 18.7. The Hall–Kier alpha value is -3.82. The summed E-state index contributed by atoms with van der Waals surface area (Å²) in [5.74, 6) is -0.872. The van der Waals surface area contributed by atoms with Crippen LogP contribution in [0.25, 0.3) is 11.0 Å². The molecule has 3 aromatic carbocycles. The molecule has 0 aliphatic rings. The number of hydrogen-bond donors (Lipinski definition) is 2. The van der Waals surface area contributed by atoms with Gasteiger partial charge >= 0.3 is 0 Å². The van der Waals surface area contributed by atoms with Crippen LogP contribution in [-0.4, -0.2) is 21.4 Å². The van der Waals surface area contributed by atoms with E-state index in [4.69, 9.17) is 20.8 Å². The number of amides is 1. The lowest BCUT2D eigenvalue weighted by molar-refractivity contribution is 0.0997. The number of hydrogen-bond acceptors (Lipinski definition) is 6. The van der Waals surface area contributed by atoms with Crippen molar-refractivity contribution in [3.8, 4) is 5.75 Å². The summed E-state index contributed by atoms with van der Waals surface area (Å²) in [5, 5.41) is 3.11. The first-order valence-corrected chi connectivity index (χ1v) is 11.4. The van der Waals surface area contributed by atoms with Gasteiger partial charge in [0.1, 0.15) is 16.2 Å². The maximum absolute atomic E-state index is 13.0. The second-order valence-electron chi connectivity index (χ2n) is 6.88. The van der Waals surface area contributed by atoms with Crippen LogP contribution in [0, 0.1) is 0 Å². The molecule has 8 nitrogen and oxygen atoms in total. The maximum atomic E-state index is 13.0. The van der Waals surface area contributed by atoms with E-state index in [1.54, 1.807) is 42.5 Å². The van der Waals surface area contributed by atoms with Gasteiger partial charge in [-0.2, -0.15) is 0 Å². The minimum absolute atomic E-state index is 0.0600. The first-order valence-electron chi connectivity index (χ1n) is 9.58. The molecule has 0 fully saturated rings. The van der Waals surface area contributed by atoms with Gasteiger partial charge < -0.3 is 14.5 Å². The van der Waals surface area contributed by atoms with E-state index in [9.17, 15) is 18.0 Å². The molecule has 0 unspecified atom stereocenters. The number of carbonyl (C=O) groups excluding carboxylic acids is 1. The van der Waals surface area contributed by atoms with E-state index in [0.29, 0.717) is 5.39 Å². The van der Waals surface area contributed by atoms with Crippen LogP contribution in [0.3, 0.4) is 0 Å². The van der Waals surface area contributed by atoms with Gasteiger partial charge in [-0.3, -0.25) is 14.3 Å². The van der Waals surface area contributed by atoms with Crippen molar-refractivity contribution in [1.82, 2.24) is 0 Å². The third-order valence-electron chi connectivity index (χ3n) is 4.69. The fourth-order valence-electron chi connectivity index (χ4n) is 3.12. The predicted molar refractivity (Wildman–Crippen MR) is 126 cm³/mol. The summed E-state index contributed by atoms with van der Waals surface area (Å²) in [7, 11) is -2.80. The Balaban J connectivity index is 1.66. The summed E-state index contributed by atoms with van der Waals surface area (Å²) < 4.78 is 39.1. The van der Waals surface area contributed by atoms with Crippen molar-refractivity contribution in [2.24, 2.45) is 0 Å².